The van der Waals surface area contributed by atoms with Gasteiger partial charge >= 0.3 is 5.97 Å². The monoisotopic (exact) mass is 265 g/mol. The maximum atomic E-state index is 11.5. The van der Waals surface area contributed by atoms with E-state index in [1.54, 1.807) is 18.2 Å². The number of methoxy groups -OCH3 is 1. The third-order valence-corrected chi connectivity index (χ3v) is 3.31. The number of hydrogen-bond acceptors (Lipinski definition) is 4. The molecule has 0 amide bonds. The van der Waals surface area contributed by atoms with Crippen LogP contribution in [0.2, 0.25) is 0 Å². The van der Waals surface area contributed by atoms with Crippen LogP contribution in [0.3, 0.4) is 0 Å². The molecule has 1 aliphatic rings. The molecule has 0 fully saturated rings. The Morgan fingerprint density at radius 2 is 2.05 bits per heavy atom. The van der Waals surface area contributed by atoms with E-state index >= 15 is 0 Å². The van der Waals surface area contributed by atoms with Gasteiger partial charge < -0.3 is 9.47 Å². The van der Waals surface area contributed by atoms with Crippen molar-refractivity contribution in [3.8, 4) is 22.9 Å². The molecule has 4 nitrogen and oxygen atoms in total. The number of carbonyl (C=O) groups is 1. The van der Waals surface area contributed by atoms with Gasteiger partial charge in [-0.25, -0.2) is 4.79 Å². The topological polar surface area (TPSA) is 59.3 Å². The van der Waals surface area contributed by atoms with Crippen molar-refractivity contribution < 1.29 is 14.3 Å². The number of rotatable bonds is 1. The van der Waals surface area contributed by atoms with E-state index in [1.807, 2.05) is 18.2 Å². The Morgan fingerprint density at radius 3 is 2.80 bits per heavy atom. The summed E-state index contributed by atoms with van der Waals surface area (Å²) in [5.41, 5.74) is 4.00. The zero-order chi connectivity index (χ0) is 14.1. The Hall–Kier alpha value is -2.80. The van der Waals surface area contributed by atoms with Crippen molar-refractivity contribution in [3.05, 3.63) is 53.1 Å². The molecule has 98 valence electrons. The van der Waals surface area contributed by atoms with Gasteiger partial charge in [0.05, 0.1) is 24.3 Å². The van der Waals surface area contributed by atoms with Crippen LogP contribution in [0, 0.1) is 11.3 Å². The van der Waals surface area contributed by atoms with Gasteiger partial charge in [0.2, 0.25) is 0 Å². The van der Waals surface area contributed by atoms with Crippen LogP contribution in [-0.2, 0) is 11.3 Å². The zero-order valence-corrected chi connectivity index (χ0v) is 10.8. The fourth-order valence-corrected chi connectivity index (χ4v) is 2.31. The minimum absolute atomic E-state index is 0.387. The SMILES string of the molecule is COC(=O)c1ccc2c(c1)OCc1cc(C#N)ccc1-2. The lowest BCUT2D eigenvalue weighted by atomic mass is 9.94. The number of ether oxygens (including phenoxy) is 2. The fourth-order valence-electron chi connectivity index (χ4n) is 2.31. The highest BCUT2D eigenvalue weighted by Crippen LogP contribution is 2.38. The van der Waals surface area contributed by atoms with Gasteiger partial charge in [0, 0.05) is 5.56 Å². The van der Waals surface area contributed by atoms with Crippen molar-refractivity contribution in [2.75, 3.05) is 7.11 Å². The van der Waals surface area contributed by atoms with Gasteiger partial charge in [-0.15, -0.1) is 0 Å². The van der Waals surface area contributed by atoms with Gasteiger partial charge in [-0.05, 0) is 41.5 Å². The molecule has 0 aliphatic carbocycles. The van der Waals surface area contributed by atoms with Crippen molar-refractivity contribution in [3.63, 3.8) is 0 Å². The van der Waals surface area contributed by atoms with E-state index in [0.717, 1.165) is 16.7 Å². The lowest BCUT2D eigenvalue weighted by Gasteiger charge is -2.21. The summed E-state index contributed by atoms with van der Waals surface area (Å²) in [5.74, 6) is 0.270. The largest absolute Gasteiger partial charge is 0.488 e. The molecule has 0 atom stereocenters. The molecule has 0 saturated heterocycles. The predicted octanol–water partition coefficient (Wildman–Crippen LogP) is 2.90. The average molecular weight is 265 g/mol. The van der Waals surface area contributed by atoms with Crippen LogP contribution in [0.4, 0.5) is 0 Å². The number of benzene rings is 2. The Bertz CT molecular complexity index is 744. The summed E-state index contributed by atoms with van der Waals surface area (Å²) in [6.07, 6.45) is 0. The molecule has 20 heavy (non-hydrogen) atoms. The molecular formula is C16H11NO3. The van der Waals surface area contributed by atoms with E-state index < -0.39 is 0 Å². The lowest BCUT2D eigenvalue weighted by Crippen LogP contribution is -2.08. The quantitative estimate of drug-likeness (QED) is 0.744. The van der Waals surface area contributed by atoms with E-state index in [1.165, 1.54) is 7.11 Å². The first-order valence-electron chi connectivity index (χ1n) is 6.11. The molecule has 2 aromatic rings. The molecule has 0 radical (unpaired) electrons. The number of carbonyl (C=O) groups excluding carboxylic acids is 1. The minimum Gasteiger partial charge on any atom is -0.488 e. The Kier molecular flexibility index (Phi) is 2.88. The number of esters is 1. The lowest BCUT2D eigenvalue weighted by molar-refractivity contribution is 0.0600. The molecular weight excluding hydrogens is 254 g/mol. The van der Waals surface area contributed by atoms with Gasteiger partial charge in [-0.1, -0.05) is 6.07 Å². The van der Waals surface area contributed by atoms with E-state index in [4.69, 9.17) is 14.7 Å². The summed E-state index contributed by atoms with van der Waals surface area (Å²) >= 11 is 0. The molecule has 0 bridgehead atoms. The second-order valence-corrected chi connectivity index (χ2v) is 4.47. The van der Waals surface area contributed by atoms with Crippen molar-refractivity contribution in [2.24, 2.45) is 0 Å². The maximum Gasteiger partial charge on any atom is 0.337 e. The number of nitrogens with zero attached hydrogens (tertiary/aromatic N) is 1. The van der Waals surface area contributed by atoms with Gasteiger partial charge in [-0.2, -0.15) is 5.26 Å². The first-order valence-corrected chi connectivity index (χ1v) is 6.11. The Balaban J connectivity index is 2.09. The maximum absolute atomic E-state index is 11.5. The van der Waals surface area contributed by atoms with Crippen molar-refractivity contribution in [1.29, 1.82) is 5.26 Å². The van der Waals surface area contributed by atoms with Crippen molar-refractivity contribution in [2.45, 2.75) is 6.61 Å². The van der Waals surface area contributed by atoms with Crippen LogP contribution in [0.1, 0.15) is 21.5 Å². The van der Waals surface area contributed by atoms with Crippen LogP contribution in [0.5, 0.6) is 5.75 Å². The first-order chi connectivity index (χ1) is 9.72. The summed E-state index contributed by atoms with van der Waals surface area (Å²) in [4.78, 5) is 11.5. The average Bonchev–Trinajstić information content (AvgIpc) is 2.52. The van der Waals surface area contributed by atoms with Crippen LogP contribution >= 0.6 is 0 Å². The van der Waals surface area contributed by atoms with Crippen LogP contribution in [-0.4, -0.2) is 13.1 Å². The Morgan fingerprint density at radius 1 is 1.25 bits per heavy atom. The molecule has 0 N–H and O–H groups in total. The van der Waals surface area contributed by atoms with Gasteiger partial charge in [0.15, 0.2) is 0 Å². The molecule has 2 aromatic carbocycles. The second-order valence-electron chi connectivity index (χ2n) is 4.47. The van der Waals surface area contributed by atoms with Crippen LogP contribution < -0.4 is 4.74 Å². The molecule has 1 heterocycles. The standard InChI is InChI=1S/C16H11NO3/c1-19-16(18)11-3-5-14-13-4-2-10(8-17)6-12(13)9-20-15(14)7-11/h2-7H,9H2,1H3. The van der Waals surface area contributed by atoms with Crippen LogP contribution in [0.15, 0.2) is 36.4 Å². The number of nitriles is 1. The van der Waals surface area contributed by atoms with Crippen molar-refractivity contribution in [1.82, 2.24) is 0 Å². The molecule has 3 rings (SSSR count). The summed E-state index contributed by atoms with van der Waals surface area (Å²) in [5, 5.41) is 8.92. The normalized spacial score (nSPS) is 11.6. The van der Waals surface area contributed by atoms with E-state index in [9.17, 15) is 4.79 Å². The second kappa shape index (κ2) is 4.71. The minimum atomic E-state index is -0.387. The van der Waals surface area contributed by atoms with E-state index in [2.05, 4.69) is 6.07 Å². The number of fused-ring (bicyclic) bond motifs is 3. The summed E-state index contributed by atoms with van der Waals surface area (Å²) in [6, 6.07) is 12.9. The van der Waals surface area contributed by atoms with Gasteiger partial charge in [0.25, 0.3) is 0 Å². The highest BCUT2D eigenvalue weighted by Gasteiger charge is 2.19. The summed E-state index contributed by atoms with van der Waals surface area (Å²) in [7, 11) is 1.35. The molecule has 0 spiro atoms. The van der Waals surface area contributed by atoms with Crippen molar-refractivity contribution >= 4 is 5.97 Å². The zero-order valence-electron chi connectivity index (χ0n) is 10.8. The highest BCUT2D eigenvalue weighted by molar-refractivity contribution is 5.91. The smallest absolute Gasteiger partial charge is 0.337 e. The summed E-state index contributed by atoms with van der Waals surface area (Å²) in [6.45, 7) is 0.391. The molecule has 0 unspecified atom stereocenters. The van der Waals surface area contributed by atoms with Crippen LogP contribution in [0.25, 0.3) is 11.1 Å². The highest BCUT2D eigenvalue weighted by atomic mass is 16.5. The molecule has 4 heteroatoms. The molecule has 0 aromatic heterocycles. The number of hydrogen-bond donors (Lipinski definition) is 0. The van der Waals surface area contributed by atoms with Gasteiger partial charge in [-0.3, -0.25) is 0 Å². The fraction of sp³-hybridized carbons (Fsp3) is 0.125. The van der Waals surface area contributed by atoms with Gasteiger partial charge in [0.1, 0.15) is 12.4 Å². The van der Waals surface area contributed by atoms with E-state index in [-0.39, 0.29) is 5.97 Å². The molecule has 1 aliphatic heterocycles. The third-order valence-electron chi connectivity index (χ3n) is 3.31. The predicted molar refractivity (Wildman–Crippen MR) is 72.3 cm³/mol. The third kappa shape index (κ3) is 1.90. The summed E-state index contributed by atoms with van der Waals surface area (Å²) < 4.78 is 10.4. The molecule has 0 saturated carbocycles. The Labute approximate surface area is 116 Å². The first kappa shape index (κ1) is 12.2. The van der Waals surface area contributed by atoms with E-state index in [0.29, 0.717) is 23.5 Å².